The first kappa shape index (κ1) is 16.4. The summed E-state index contributed by atoms with van der Waals surface area (Å²) >= 11 is 0. The van der Waals surface area contributed by atoms with Gasteiger partial charge in [0.2, 0.25) is 5.88 Å². The number of nitrogens with one attached hydrogen (secondary N) is 1. The lowest BCUT2D eigenvalue weighted by Gasteiger charge is -2.33. The SMILES string of the molecule is COc1cc(NC2CCN(c3nc(C)nc4ncccc34)CC2)ncn1. The van der Waals surface area contributed by atoms with Gasteiger partial charge in [0.15, 0.2) is 5.65 Å². The van der Waals surface area contributed by atoms with Crippen molar-refractivity contribution >= 4 is 22.7 Å². The largest absolute Gasteiger partial charge is 0.481 e. The molecule has 1 fully saturated rings. The number of nitrogens with zero attached hydrogens (tertiary/aromatic N) is 6. The maximum atomic E-state index is 5.15. The van der Waals surface area contributed by atoms with E-state index in [1.165, 1.54) is 6.33 Å². The Morgan fingerprint density at radius 2 is 2.00 bits per heavy atom. The first-order chi connectivity index (χ1) is 12.7. The lowest BCUT2D eigenvalue weighted by Crippen LogP contribution is -2.39. The zero-order chi connectivity index (χ0) is 17.9. The summed E-state index contributed by atoms with van der Waals surface area (Å²) in [7, 11) is 1.60. The van der Waals surface area contributed by atoms with Gasteiger partial charge in [-0.05, 0) is 31.9 Å². The van der Waals surface area contributed by atoms with Crippen molar-refractivity contribution in [1.29, 1.82) is 0 Å². The third-order valence-corrected chi connectivity index (χ3v) is 4.56. The molecular weight excluding hydrogens is 330 g/mol. The smallest absolute Gasteiger partial charge is 0.218 e. The molecule has 0 unspecified atom stereocenters. The number of pyridine rings is 1. The summed E-state index contributed by atoms with van der Waals surface area (Å²) in [5.41, 5.74) is 0.753. The van der Waals surface area contributed by atoms with E-state index in [4.69, 9.17) is 4.74 Å². The van der Waals surface area contributed by atoms with Crippen LogP contribution in [0.4, 0.5) is 11.6 Å². The third-order valence-electron chi connectivity index (χ3n) is 4.56. The Labute approximate surface area is 151 Å². The van der Waals surface area contributed by atoms with E-state index in [1.54, 1.807) is 13.3 Å². The fourth-order valence-electron chi connectivity index (χ4n) is 3.27. The van der Waals surface area contributed by atoms with Crippen molar-refractivity contribution < 1.29 is 4.74 Å². The van der Waals surface area contributed by atoms with E-state index in [9.17, 15) is 0 Å². The Hall–Kier alpha value is -3.03. The Morgan fingerprint density at radius 3 is 2.81 bits per heavy atom. The number of aromatic nitrogens is 5. The molecule has 1 aliphatic rings. The Bertz CT molecular complexity index is 909. The minimum absolute atomic E-state index is 0.359. The predicted molar refractivity (Wildman–Crippen MR) is 99.5 cm³/mol. The molecular formula is C18H21N7O. The molecule has 3 aromatic rings. The summed E-state index contributed by atoms with van der Waals surface area (Å²) in [4.78, 5) is 24.1. The zero-order valence-corrected chi connectivity index (χ0v) is 14.9. The highest BCUT2D eigenvalue weighted by Crippen LogP contribution is 2.26. The van der Waals surface area contributed by atoms with Crippen LogP contribution in [0.15, 0.2) is 30.7 Å². The molecule has 0 saturated carbocycles. The van der Waals surface area contributed by atoms with Crippen LogP contribution < -0.4 is 15.0 Å². The van der Waals surface area contributed by atoms with Gasteiger partial charge >= 0.3 is 0 Å². The number of ether oxygens (including phenoxy) is 1. The van der Waals surface area contributed by atoms with Crippen molar-refractivity contribution in [3.05, 3.63) is 36.5 Å². The average molecular weight is 351 g/mol. The second-order valence-electron chi connectivity index (χ2n) is 6.32. The van der Waals surface area contributed by atoms with Gasteiger partial charge in [-0.2, -0.15) is 0 Å². The lowest BCUT2D eigenvalue weighted by molar-refractivity contribution is 0.397. The van der Waals surface area contributed by atoms with Gasteiger partial charge < -0.3 is 15.0 Å². The summed E-state index contributed by atoms with van der Waals surface area (Å²) in [5, 5.41) is 4.48. The molecule has 26 heavy (non-hydrogen) atoms. The summed E-state index contributed by atoms with van der Waals surface area (Å²) < 4.78 is 5.15. The van der Waals surface area contributed by atoms with Gasteiger partial charge in [0.25, 0.3) is 0 Å². The molecule has 0 aliphatic carbocycles. The maximum absolute atomic E-state index is 5.15. The van der Waals surface area contributed by atoms with Crippen molar-refractivity contribution in [2.24, 2.45) is 0 Å². The Kier molecular flexibility index (Phi) is 4.47. The van der Waals surface area contributed by atoms with Gasteiger partial charge in [-0.25, -0.2) is 24.9 Å². The molecule has 0 aromatic carbocycles. The lowest BCUT2D eigenvalue weighted by atomic mass is 10.0. The molecule has 8 heteroatoms. The van der Waals surface area contributed by atoms with E-state index in [0.717, 1.165) is 54.4 Å². The summed E-state index contributed by atoms with van der Waals surface area (Å²) in [6.45, 7) is 3.75. The molecule has 0 spiro atoms. The molecule has 3 aromatic heterocycles. The molecule has 4 rings (SSSR count). The summed E-state index contributed by atoms with van der Waals surface area (Å²) in [6.07, 6.45) is 5.28. The quantitative estimate of drug-likeness (QED) is 0.765. The summed E-state index contributed by atoms with van der Waals surface area (Å²) in [6, 6.07) is 6.15. The highest BCUT2D eigenvalue weighted by molar-refractivity contribution is 5.86. The van der Waals surface area contributed by atoms with Crippen LogP contribution in [0.5, 0.6) is 5.88 Å². The number of aryl methyl sites for hydroxylation is 1. The van der Waals surface area contributed by atoms with Crippen LogP contribution in [-0.4, -0.2) is 51.2 Å². The zero-order valence-electron chi connectivity index (χ0n) is 14.9. The van der Waals surface area contributed by atoms with E-state index >= 15 is 0 Å². The van der Waals surface area contributed by atoms with E-state index in [0.29, 0.717) is 11.9 Å². The van der Waals surface area contributed by atoms with Crippen molar-refractivity contribution in [2.45, 2.75) is 25.8 Å². The van der Waals surface area contributed by atoms with E-state index in [2.05, 4.69) is 35.1 Å². The van der Waals surface area contributed by atoms with Crippen molar-refractivity contribution in [3.63, 3.8) is 0 Å². The molecule has 1 N–H and O–H groups in total. The minimum Gasteiger partial charge on any atom is -0.481 e. The van der Waals surface area contributed by atoms with Crippen molar-refractivity contribution in [3.8, 4) is 5.88 Å². The average Bonchev–Trinajstić information content (AvgIpc) is 2.68. The van der Waals surface area contributed by atoms with Crippen LogP contribution in [0.1, 0.15) is 18.7 Å². The van der Waals surface area contributed by atoms with Crippen LogP contribution >= 0.6 is 0 Å². The third kappa shape index (κ3) is 3.35. The highest BCUT2D eigenvalue weighted by Gasteiger charge is 2.22. The maximum Gasteiger partial charge on any atom is 0.218 e. The summed E-state index contributed by atoms with van der Waals surface area (Å²) in [5.74, 6) is 3.08. The topological polar surface area (TPSA) is 89.0 Å². The van der Waals surface area contributed by atoms with Gasteiger partial charge in [0, 0.05) is 31.4 Å². The highest BCUT2D eigenvalue weighted by atomic mass is 16.5. The van der Waals surface area contributed by atoms with Gasteiger partial charge in [-0.15, -0.1) is 0 Å². The minimum atomic E-state index is 0.359. The molecule has 8 nitrogen and oxygen atoms in total. The van der Waals surface area contributed by atoms with Crippen molar-refractivity contribution in [2.75, 3.05) is 30.4 Å². The second-order valence-corrected chi connectivity index (χ2v) is 6.32. The molecule has 0 amide bonds. The number of piperidine rings is 1. The monoisotopic (exact) mass is 351 g/mol. The molecule has 0 bridgehead atoms. The number of anilines is 2. The fraction of sp³-hybridized carbons (Fsp3) is 0.389. The molecule has 134 valence electrons. The standard InChI is InChI=1S/C18H21N7O/c1-12-22-17-14(4-3-7-19-17)18(23-12)25-8-5-13(6-9-25)24-15-10-16(26-2)21-11-20-15/h3-4,7,10-11,13H,5-6,8-9H2,1-2H3,(H,20,21,24). The van der Waals surface area contributed by atoms with Gasteiger partial charge in [-0.3, -0.25) is 0 Å². The number of hydrogen-bond acceptors (Lipinski definition) is 8. The van der Waals surface area contributed by atoms with Crippen LogP contribution in [0.3, 0.4) is 0 Å². The fourth-order valence-corrected chi connectivity index (χ4v) is 3.27. The number of methoxy groups -OCH3 is 1. The first-order valence-corrected chi connectivity index (χ1v) is 8.70. The molecule has 4 heterocycles. The van der Waals surface area contributed by atoms with Crippen LogP contribution in [0.2, 0.25) is 0 Å². The van der Waals surface area contributed by atoms with Crippen LogP contribution in [0, 0.1) is 6.92 Å². The van der Waals surface area contributed by atoms with Crippen LogP contribution in [-0.2, 0) is 0 Å². The molecule has 1 aliphatic heterocycles. The van der Waals surface area contributed by atoms with E-state index < -0.39 is 0 Å². The molecule has 0 radical (unpaired) electrons. The van der Waals surface area contributed by atoms with Crippen LogP contribution in [0.25, 0.3) is 11.0 Å². The van der Waals surface area contributed by atoms with Crippen molar-refractivity contribution in [1.82, 2.24) is 24.9 Å². The number of hydrogen-bond donors (Lipinski definition) is 1. The normalized spacial score (nSPS) is 15.2. The Morgan fingerprint density at radius 1 is 1.15 bits per heavy atom. The van der Waals surface area contributed by atoms with Gasteiger partial charge in [0.1, 0.15) is 23.8 Å². The molecule has 0 atom stereocenters. The number of fused-ring (bicyclic) bond motifs is 1. The number of rotatable bonds is 4. The van der Waals surface area contributed by atoms with E-state index in [-0.39, 0.29) is 0 Å². The van der Waals surface area contributed by atoms with Gasteiger partial charge in [0.05, 0.1) is 12.5 Å². The van der Waals surface area contributed by atoms with Gasteiger partial charge in [-0.1, -0.05) is 0 Å². The second kappa shape index (κ2) is 7.07. The predicted octanol–water partition coefficient (Wildman–Crippen LogP) is 2.21. The molecule has 1 saturated heterocycles. The Balaban J connectivity index is 1.47. The first-order valence-electron chi connectivity index (χ1n) is 8.70. The van der Waals surface area contributed by atoms with E-state index in [1.807, 2.05) is 25.1 Å².